The zero-order chi connectivity index (χ0) is 26.9. The maximum atomic E-state index is 13.0. The number of anilines is 2. The molecule has 0 aliphatic carbocycles. The molecule has 3 aliphatic heterocycles. The highest BCUT2D eigenvalue weighted by molar-refractivity contribution is 6.31. The normalized spacial score (nSPS) is 24.1. The molecule has 5 rings (SSSR count). The number of alkyl halides is 3. The summed E-state index contributed by atoms with van der Waals surface area (Å²) in [7, 11) is 1.87. The molecule has 2 aromatic carbocycles. The number of likely N-dealkylation sites (tertiary alicyclic amines) is 1. The quantitative estimate of drug-likeness (QED) is 0.458. The third-order valence-electron chi connectivity index (χ3n) is 7.54. The van der Waals surface area contributed by atoms with E-state index >= 15 is 0 Å². The van der Waals surface area contributed by atoms with Crippen LogP contribution >= 0.6 is 11.6 Å². The maximum Gasteiger partial charge on any atom is 0.573 e. The second-order valence-corrected chi connectivity index (χ2v) is 10.6. The van der Waals surface area contributed by atoms with Crippen LogP contribution in [0.25, 0.3) is 0 Å². The summed E-state index contributed by atoms with van der Waals surface area (Å²) < 4.78 is 54.9. The minimum atomic E-state index is -4.76. The number of morpholine rings is 2. The molecule has 208 valence electrons. The van der Waals surface area contributed by atoms with Gasteiger partial charge in [-0.25, -0.2) is 0 Å². The average molecular weight is 555 g/mol. The van der Waals surface area contributed by atoms with Crippen LogP contribution in [-0.2, 0) is 22.6 Å². The smallest absolute Gasteiger partial charge is 0.406 e. The summed E-state index contributed by atoms with van der Waals surface area (Å²) in [4.78, 5) is 4.58. The van der Waals surface area contributed by atoms with Crippen molar-refractivity contribution in [2.75, 3.05) is 57.1 Å². The van der Waals surface area contributed by atoms with Crippen molar-refractivity contribution in [3.05, 3.63) is 52.0 Å². The minimum absolute atomic E-state index is 0.0769. The molecule has 2 bridgehead atoms. The number of fused-ring (bicyclic) bond motifs is 2. The lowest BCUT2D eigenvalue weighted by Crippen LogP contribution is -2.45. The van der Waals surface area contributed by atoms with E-state index in [1.165, 1.54) is 17.7 Å². The predicted molar refractivity (Wildman–Crippen MR) is 141 cm³/mol. The molecule has 2 aromatic rings. The Morgan fingerprint density at radius 1 is 1.08 bits per heavy atom. The fourth-order valence-electron chi connectivity index (χ4n) is 5.62. The van der Waals surface area contributed by atoms with Crippen LogP contribution in [0, 0.1) is 6.92 Å². The van der Waals surface area contributed by atoms with Crippen LogP contribution in [0.4, 0.5) is 24.5 Å². The Hall–Kier alpha value is -2.24. The molecule has 3 atom stereocenters. The molecule has 3 unspecified atom stereocenters. The average Bonchev–Trinajstić information content (AvgIpc) is 3.45. The summed E-state index contributed by atoms with van der Waals surface area (Å²) in [5.41, 5.74) is 4.55. The second kappa shape index (κ2) is 11.5. The van der Waals surface area contributed by atoms with E-state index < -0.39 is 6.36 Å². The Balaban J connectivity index is 1.26. The van der Waals surface area contributed by atoms with E-state index in [-0.39, 0.29) is 24.0 Å². The molecule has 0 aromatic heterocycles. The number of halogens is 4. The first-order chi connectivity index (χ1) is 18.2. The lowest BCUT2D eigenvalue weighted by atomic mass is 10.1. The van der Waals surface area contributed by atoms with E-state index in [0.717, 1.165) is 54.4 Å². The summed E-state index contributed by atoms with van der Waals surface area (Å²) in [6, 6.07) is 9.01. The number of nitrogens with one attached hydrogen (secondary N) is 2. The van der Waals surface area contributed by atoms with Gasteiger partial charge in [-0.1, -0.05) is 11.6 Å². The van der Waals surface area contributed by atoms with Crippen molar-refractivity contribution in [1.82, 2.24) is 9.80 Å². The van der Waals surface area contributed by atoms with Gasteiger partial charge in [-0.3, -0.25) is 9.80 Å². The van der Waals surface area contributed by atoms with E-state index in [9.17, 15) is 13.2 Å². The first-order valence-electron chi connectivity index (χ1n) is 13.0. The summed E-state index contributed by atoms with van der Waals surface area (Å²) in [5.74, 6) is -0.224. The van der Waals surface area contributed by atoms with E-state index in [1.54, 1.807) is 0 Å². The van der Waals surface area contributed by atoms with E-state index in [4.69, 9.17) is 21.1 Å². The number of benzene rings is 2. The maximum absolute atomic E-state index is 13.0. The Morgan fingerprint density at radius 3 is 2.58 bits per heavy atom. The number of nitrogens with zero attached hydrogens (tertiary/aromatic N) is 2. The summed E-state index contributed by atoms with van der Waals surface area (Å²) in [5, 5.41) is 7.22. The summed E-state index contributed by atoms with van der Waals surface area (Å²) in [6.07, 6.45) is -3.75. The third kappa shape index (κ3) is 6.66. The van der Waals surface area contributed by atoms with Gasteiger partial charge in [-0.15, -0.1) is 13.2 Å². The molecule has 3 aliphatic rings. The molecular weight excluding hydrogens is 521 g/mol. The van der Waals surface area contributed by atoms with Gasteiger partial charge in [0.15, 0.2) is 0 Å². The molecular formula is C27H34ClF3N4O3. The zero-order valence-electron chi connectivity index (χ0n) is 21.6. The molecule has 7 nitrogen and oxygen atoms in total. The van der Waals surface area contributed by atoms with Gasteiger partial charge in [-0.05, 0) is 54.3 Å². The zero-order valence-corrected chi connectivity index (χ0v) is 22.4. The van der Waals surface area contributed by atoms with Crippen molar-refractivity contribution in [3.63, 3.8) is 0 Å². The highest BCUT2D eigenvalue weighted by atomic mass is 35.5. The van der Waals surface area contributed by atoms with Crippen LogP contribution in [0.15, 0.2) is 30.3 Å². The number of hydrogen-bond acceptors (Lipinski definition) is 7. The Morgan fingerprint density at radius 2 is 1.87 bits per heavy atom. The second-order valence-electron chi connectivity index (χ2n) is 10.2. The van der Waals surface area contributed by atoms with Crippen molar-refractivity contribution >= 4 is 23.0 Å². The van der Waals surface area contributed by atoms with E-state index in [2.05, 4.69) is 31.2 Å². The van der Waals surface area contributed by atoms with Gasteiger partial charge < -0.3 is 24.8 Å². The Kier molecular flexibility index (Phi) is 8.25. The predicted octanol–water partition coefficient (Wildman–Crippen LogP) is 4.87. The molecule has 11 heteroatoms. The van der Waals surface area contributed by atoms with Gasteiger partial charge in [0.1, 0.15) is 5.75 Å². The van der Waals surface area contributed by atoms with Crippen LogP contribution < -0.4 is 15.4 Å². The van der Waals surface area contributed by atoms with Crippen molar-refractivity contribution in [3.8, 4) is 5.75 Å². The van der Waals surface area contributed by atoms with Gasteiger partial charge in [0.2, 0.25) is 0 Å². The van der Waals surface area contributed by atoms with Gasteiger partial charge >= 0.3 is 6.36 Å². The monoisotopic (exact) mass is 554 g/mol. The molecule has 38 heavy (non-hydrogen) atoms. The van der Waals surface area contributed by atoms with Crippen molar-refractivity contribution in [2.24, 2.45) is 0 Å². The van der Waals surface area contributed by atoms with Crippen LogP contribution in [0.2, 0.25) is 5.02 Å². The highest BCUT2D eigenvalue weighted by Gasteiger charge is 2.45. The van der Waals surface area contributed by atoms with Crippen LogP contribution in [0.5, 0.6) is 5.75 Å². The molecule has 0 spiro atoms. The molecule has 3 heterocycles. The molecule has 3 fully saturated rings. The standard InChI is InChI=1S/C27H34ClF3N4O3/c1-17-19(9-20(32-2)11-24(17)28)15-35-16-23-12-25(35)26(37-23)13-33-21-7-18(14-34-3-5-36-6-4-34)8-22(10-21)38-27(29,30)31/h7-11,23,25-26,32-33H,3-6,12-16H2,1-2H3. The van der Waals surface area contributed by atoms with Gasteiger partial charge in [0.05, 0.1) is 25.4 Å². The molecule has 0 radical (unpaired) electrons. The van der Waals surface area contributed by atoms with Gasteiger partial charge in [0.25, 0.3) is 0 Å². The minimum Gasteiger partial charge on any atom is -0.406 e. The highest BCUT2D eigenvalue weighted by Crippen LogP contribution is 2.36. The van der Waals surface area contributed by atoms with Crippen molar-refractivity contribution < 1.29 is 27.4 Å². The number of hydrogen-bond donors (Lipinski definition) is 2. The lowest BCUT2D eigenvalue weighted by molar-refractivity contribution is -0.274. The van der Waals surface area contributed by atoms with Crippen molar-refractivity contribution in [2.45, 2.75) is 51.0 Å². The van der Waals surface area contributed by atoms with Crippen LogP contribution in [0.3, 0.4) is 0 Å². The summed E-state index contributed by atoms with van der Waals surface area (Å²) >= 11 is 6.45. The SMILES string of the molecule is CNc1cc(Cl)c(C)c(CN2CC3CC2C(CNc2cc(CN4CCOCC4)cc(OC(F)(F)F)c2)O3)c1. The van der Waals surface area contributed by atoms with Crippen LogP contribution in [0.1, 0.15) is 23.1 Å². The molecule has 3 saturated heterocycles. The third-order valence-corrected chi connectivity index (χ3v) is 7.93. The largest absolute Gasteiger partial charge is 0.573 e. The van der Waals surface area contributed by atoms with Crippen LogP contribution in [-0.4, -0.2) is 80.9 Å². The Bertz CT molecular complexity index is 1130. The van der Waals surface area contributed by atoms with Crippen molar-refractivity contribution in [1.29, 1.82) is 0 Å². The van der Waals surface area contributed by atoms with E-state index in [1.807, 2.05) is 26.1 Å². The van der Waals surface area contributed by atoms with E-state index in [0.29, 0.717) is 32.0 Å². The first kappa shape index (κ1) is 27.3. The summed E-state index contributed by atoms with van der Waals surface area (Å²) in [6.45, 7) is 7.37. The Labute approximate surface area is 226 Å². The molecule has 0 saturated carbocycles. The number of rotatable bonds is 9. The molecule has 0 amide bonds. The molecule has 2 N–H and O–H groups in total. The topological polar surface area (TPSA) is 58.2 Å². The van der Waals surface area contributed by atoms with Gasteiger partial charge in [0, 0.05) is 74.8 Å². The lowest BCUT2D eigenvalue weighted by Gasteiger charge is -2.34. The fraction of sp³-hybridized carbons (Fsp3) is 0.556. The van der Waals surface area contributed by atoms with Gasteiger partial charge in [-0.2, -0.15) is 0 Å². The fourth-order valence-corrected chi connectivity index (χ4v) is 5.86. The first-order valence-corrected chi connectivity index (χ1v) is 13.3. The number of ether oxygens (including phenoxy) is 3.